The van der Waals surface area contributed by atoms with Gasteiger partial charge in [-0.1, -0.05) is 36.8 Å². The summed E-state index contributed by atoms with van der Waals surface area (Å²) in [5.41, 5.74) is 0.924. The molecule has 3 N–H and O–H groups in total. The molecular formula is C18H26N2O2. The Hall–Kier alpha value is -1.55. The normalized spacial score (nSPS) is 29.1. The molecule has 4 heteroatoms. The summed E-state index contributed by atoms with van der Waals surface area (Å²) in [5.74, 6) is 2.30. The van der Waals surface area contributed by atoms with Crippen molar-refractivity contribution in [1.82, 2.24) is 10.6 Å². The lowest BCUT2D eigenvalue weighted by Crippen LogP contribution is -2.46. The molecule has 2 aliphatic carbocycles. The number of hydrogen-bond acceptors (Lipinski definition) is 2. The predicted molar refractivity (Wildman–Crippen MR) is 86.3 cm³/mol. The van der Waals surface area contributed by atoms with Gasteiger partial charge in [0.05, 0.1) is 12.6 Å². The lowest BCUT2D eigenvalue weighted by molar-refractivity contribution is 0.203. The highest BCUT2D eigenvalue weighted by Crippen LogP contribution is 2.49. The van der Waals surface area contributed by atoms with E-state index >= 15 is 0 Å². The number of nitrogens with one attached hydrogen (secondary N) is 2. The standard InChI is InChI=1S/C18H26N2O2/c1-12(16-10-13-7-8-15(16)9-13)19-18(22)20-17(11-21)14-5-3-2-4-6-14/h2-6,12-13,15-17,21H,7-11H2,1H3,(H2,19,20,22). The molecule has 120 valence electrons. The van der Waals surface area contributed by atoms with E-state index in [1.807, 2.05) is 30.3 Å². The average molecular weight is 302 g/mol. The Morgan fingerprint density at radius 1 is 1.23 bits per heavy atom. The van der Waals surface area contributed by atoms with Gasteiger partial charge in [0.25, 0.3) is 0 Å². The van der Waals surface area contributed by atoms with Gasteiger partial charge in [-0.15, -0.1) is 0 Å². The van der Waals surface area contributed by atoms with Gasteiger partial charge in [-0.05, 0) is 49.5 Å². The molecule has 2 fully saturated rings. The van der Waals surface area contributed by atoms with Crippen LogP contribution in [0.4, 0.5) is 4.79 Å². The Bertz CT molecular complexity index is 505. The summed E-state index contributed by atoms with van der Waals surface area (Å²) in [7, 11) is 0. The number of carbonyl (C=O) groups excluding carboxylic acids is 1. The summed E-state index contributed by atoms with van der Waals surface area (Å²) in [6.07, 6.45) is 5.31. The first-order valence-corrected chi connectivity index (χ1v) is 8.40. The largest absolute Gasteiger partial charge is 0.394 e. The number of urea groups is 1. The highest BCUT2D eigenvalue weighted by molar-refractivity contribution is 5.74. The van der Waals surface area contributed by atoms with Gasteiger partial charge in [0.15, 0.2) is 0 Å². The Morgan fingerprint density at radius 2 is 2.00 bits per heavy atom. The number of carbonyl (C=O) groups is 1. The molecule has 0 heterocycles. The molecule has 2 saturated carbocycles. The smallest absolute Gasteiger partial charge is 0.315 e. The van der Waals surface area contributed by atoms with Crippen LogP contribution < -0.4 is 10.6 Å². The quantitative estimate of drug-likeness (QED) is 0.783. The van der Waals surface area contributed by atoms with Gasteiger partial charge in [-0.25, -0.2) is 4.79 Å². The zero-order chi connectivity index (χ0) is 15.5. The van der Waals surface area contributed by atoms with E-state index in [-0.39, 0.29) is 24.7 Å². The van der Waals surface area contributed by atoms with Crippen molar-refractivity contribution in [3.05, 3.63) is 35.9 Å². The van der Waals surface area contributed by atoms with E-state index in [1.165, 1.54) is 25.7 Å². The minimum absolute atomic E-state index is 0.0973. The lowest BCUT2D eigenvalue weighted by atomic mass is 9.84. The number of rotatable bonds is 5. The highest BCUT2D eigenvalue weighted by Gasteiger charge is 2.42. The van der Waals surface area contributed by atoms with Crippen molar-refractivity contribution < 1.29 is 9.90 Å². The molecule has 1 aromatic rings. The monoisotopic (exact) mass is 302 g/mol. The molecular weight excluding hydrogens is 276 g/mol. The summed E-state index contributed by atoms with van der Waals surface area (Å²) >= 11 is 0. The van der Waals surface area contributed by atoms with Crippen LogP contribution in [0.3, 0.4) is 0 Å². The number of aliphatic hydroxyl groups excluding tert-OH is 1. The average Bonchev–Trinajstić information content (AvgIpc) is 3.16. The van der Waals surface area contributed by atoms with Crippen LogP contribution in [0.2, 0.25) is 0 Å². The van der Waals surface area contributed by atoms with Crippen LogP contribution in [-0.4, -0.2) is 23.8 Å². The summed E-state index contributed by atoms with van der Waals surface area (Å²) < 4.78 is 0. The number of fused-ring (bicyclic) bond motifs is 2. The van der Waals surface area contributed by atoms with Gasteiger partial charge in [-0.3, -0.25) is 0 Å². The second kappa shape index (κ2) is 6.69. The molecule has 0 saturated heterocycles. The molecule has 5 unspecified atom stereocenters. The molecule has 4 nitrogen and oxygen atoms in total. The zero-order valence-electron chi connectivity index (χ0n) is 13.2. The predicted octanol–water partition coefficient (Wildman–Crippen LogP) is 2.84. The molecule has 22 heavy (non-hydrogen) atoms. The maximum Gasteiger partial charge on any atom is 0.315 e. The second-order valence-electron chi connectivity index (χ2n) is 6.89. The fourth-order valence-corrected chi connectivity index (χ4v) is 4.34. The first-order valence-electron chi connectivity index (χ1n) is 8.40. The number of benzene rings is 1. The van der Waals surface area contributed by atoms with Gasteiger partial charge in [0.1, 0.15) is 0 Å². The number of aliphatic hydroxyl groups is 1. The van der Waals surface area contributed by atoms with E-state index in [9.17, 15) is 9.90 Å². The van der Waals surface area contributed by atoms with E-state index in [1.54, 1.807) is 0 Å². The van der Waals surface area contributed by atoms with E-state index in [0.717, 1.165) is 17.4 Å². The maximum absolute atomic E-state index is 12.2. The van der Waals surface area contributed by atoms with Crippen LogP contribution in [-0.2, 0) is 0 Å². The van der Waals surface area contributed by atoms with E-state index in [0.29, 0.717) is 5.92 Å². The van der Waals surface area contributed by atoms with Gasteiger partial charge < -0.3 is 15.7 Å². The van der Waals surface area contributed by atoms with Crippen LogP contribution in [0.1, 0.15) is 44.2 Å². The van der Waals surface area contributed by atoms with E-state index in [2.05, 4.69) is 17.6 Å². The third-order valence-electron chi connectivity index (χ3n) is 5.48. The Labute approximate surface area is 132 Å². The zero-order valence-corrected chi connectivity index (χ0v) is 13.2. The fraction of sp³-hybridized carbons (Fsp3) is 0.611. The molecule has 5 atom stereocenters. The summed E-state index contributed by atoms with van der Waals surface area (Å²) in [6.45, 7) is 2.02. The SMILES string of the molecule is CC(NC(=O)NC(CO)c1ccccc1)C1CC2CCC1C2. The molecule has 2 amide bonds. The molecule has 3 rings (SSSR count). The summed E-state index contributed by atoms with van der Waals surface area (Å²) in [5, 5.41) is 15.5. The molecule has 0 radical (unpaired) electrons. The number of amides is 2. The first-order chi connectivity index (χ1) is 10.7. The molecule has 0 aromatic heterocycles. The van der Waals surface area contributed by atoms with Crippen LogP contribution in [0, 0.1) is 17.8 Å². The van der Waals surface area contributed by atoms with Crippen molar-refractivity contribution in [3.8, 4) is 0 Å². The van der Waals surface area contributed by atoms with Crippen molar-refractivity contribution >= 4 is 6.03 Å². The molecule has 0 aliphatic heterocycles. The Balaban J connectivity index is 1.53. The third kappa shape index (κ3) is 3.27. The Morgan fingerprint density at radius 3 is 2.59 bits per heavy atom. The van der Waals surface area contributed by atoms with Crippen LogP contribution in [0.25, 0.3) is 0 Å². The van der Waals surface area contributed by atoms with Gasteiger partial charge in [-0.2, -0.15) is 0 Å². The van der Waals surface area contributed by atoms with Crippen molar-refractivity contribution in [2.75, 3.05) is 6.61 Å². The van der Waals surface area contributed by atoms with E-state index < -0.39 is 0 Å². The highest BCUT2D eigenvalue weighted by atomic mass is 16.3. The van der Waals surface area contributed by atoms with Crippen molar-refractivity contribution in [1.29, 1.82) is 0 Å². The maximum atomic E-state index is 12.2. The fourth-order valence-electron chi connectivity index (χ4n) is 4.34. The van der Waals surface area contributed by atoms with Gasteiger partial charge in [0, 0.05) is 6.04 Å². The minimum Gasteiger partial charge on any atom is -0.394 e. The van der Waals surface area contributed by atoms with Gasteiger partial charge >= 0.3 is 6.03 Å². The van der Waals surface area contributed by atoms with E-state index in [4.69, 9.17) is 0 Å². The topological polar surface area (TPSA) is 61.4 Å². The molecule has 2 bridgehead atoms. The van der Waals surface area contributed by atoms with Crippen LogP contribution >= 0.6 is 0 Å². The molecule has 1 aromatic carbocycles. The van der Waals surface area contributed by atoms with Crippen molar-refractivity contribution in [2.24, 2.45) is 17.8 Å². The number of hydrogen-bond donors (Lipinski definition) is 3. The van der Waals surface area contributed by atoms with Crippen molar-refractivity contribution in [2.45, 2.75) is 44.7 Å². The van der Waals surface area contributed by atoms with Crippen molar-refractivity contribution in [3.63, 3.8) is 0 Å². The minimum atomic E-state index is -0.353. The molecule has 0 spiro atoms. The summed E-state index contributed by atoms with van der Waals surface area (Å²) in [6, 6.07) is 9.25. The first kappa shape index (κ1) is 15.3. The molecule has 2 aliphatic rings. The van der Waals surface area contributed by atoms with Gasteiger partial charge in [0.2, 0.25) is 0 Å². The third-order valence-corrected chi connectivity index (χ3v) is 5.48. The summed E-state index contributed by atoms with van der Waals surface area (Å²) in [4.78, 5) is 12.2. The lowest BCUT2D eigenvalue weighted by Gasteiger charge is -2.29. The van der Waals surface area contributed by atoms with Crippen LogP contribution in [0.15, 0.2) is 30.3 Å². The second-order valence-corrected chi connectivity index (χ2v) is 6.89. The Kier molecular flexibility index (Phi) is 4.67. The van der Waals surface area contributed by atoms with Crippen LogP contribution in [0.5, 0.6) is 0 Å².